The first-order valence-electron chi connectivity index (χ1n) is 8.37. The summed E-state index contributed by atoms with van der Waals surface area (Å²) in [5, 5.41) is 0. The Kier molecular flexibility index (Phi) is 4.47. The van der Waals surface area contributed by atoms with E-state index in [1.807, 2.05) is 0 Å². The fraction of sp³-hybridized carbons (Fsp3) is 0. The van der Waals surface area contributed by atoms with Crippen molar-refractivity contribution in [3.05, 3.63) is 103 Å². The second kappa shape index (κ2) is 7.08. The minimum Gasteiger partial charge on any atom is -0.263 e. The van der Waals surface area contributed by atoms with Gasteiger partial charge in [0.2, 0.25) is 0 Å². The van der Waals surface area contributed by atoms with E-state index in [1.165, 1.54) is 36.4 Å². The molecule has 1 nitrogen and oxygen atoms in total. The van der Waals surface area contributed by atoms with E-state index in [1.54, 1.807) is 48.8 Å². The van der Waals surface area contributed by atoms with Gasteiger partial charge in [-0.2, -0.15) is 0 Å². The zero-order chi connectivity index (χ0) is 18.8. The van der Waals surface area contributed by atoms with Gasteiger partial charge in [0.05, 0.1) is 0 Å². The van der Waals surface area contributed by atoms with Crippen LogP contribution in [0.3, 0.4) is 0 Å². The lowest BCUT2D eigenvalue weighted by Gasteiger charge is -2.16. The normalized spacial score (nSPS) is 10.8. The van der Waals surface area contributed by atoms with Crippen LogP contribution in [0.25, 0.3) is 33.4 Å². The summed E-state index contributed by atoms with van der Waals surface area (Å²) in [6.07, 6.45) is 3.22. The largest absolute Gasteiger partial charge is 0.263 e. The fourth-order valence-electron chi connectivity index (χ4n) is 3.17. The van der Waals surface area contributed by atoms with Gasteiger partial charge in [-0.3, -0.25) is 4.98 Å². The second-order valence-corrected chi connectivity index (χ2v) is 6.14. The Labute approximate surface area is 154 Å². The molecule has 1 aromatic heterocycles. The lowest BCUT2D eigenvalue weighted by molar-refractivity contribution is 0.627. The van der Waals surface area contributed by atoms with Gasteiger partial charge in [-0.15, -0.1) is 0 Å². The average Bonchev–Trinajstić information content (AvgIpc) is 2.67. The molecular weight excluding hydrogens is 347 g/mol. The standard InChI is InChI=1S/C23H14F3N/c24-18-7-1-4-15(10-18)21-13-27-14-22(16-5-2-8-19(25)11-16)23(21)17-6-3-9-20(26)12-17/h1-14H. The first-order chi connectivity index (χ1) is 13.1. The van der Waals surface area contributed by atoms with Crippen LogP contribution in [0.15, 0.2) is 85.2 Å². The van der Waals surface area contributed by atoms with Gasteiger partial charge in [0, 0.05) is 29.1 Å². The van der Waals surface area contributed by atoms with Gasteiger partial charge in [-0.05, 0) is 53.1 Å². The number of benzene rings is 3. The topological polar surface area (TPSA) is 12.9 Å². The molecule has 0 aliphatic heterocycles. The minimum absolute atomic E-state index is 0.381. The number of pyridine rings is 1. The molecule has 0 aliphatic rings. The van der Waals surface area contributed by atoms with Crippen molar-refractivity contribution < 1.29 is 13.2 Å². The van der Waals surface area contributed by atoms with Crippen molar-refractivity contribution in [1.29, 1.82) is 0 Å². The smallest absolute Gasteiger partial charge is 0.123 e. The fourth-order valence-corrected chi connectivity index (χ4v) is 3.17. The maximum absolute atomic E-state index is 13.9. The van der Waals surface area contributed by atoms with E-state index >= 15 is 0 Å². The van der Waals surface area contributed by atoms with E-state index < -0.39 is 0 Å². The van der Waals surface area contributed by atoms with Crippen molar-refractivity contribution in [1.82, 2.24) is 4.98 Å². The monoisotopic (exact) mass is 361 g/mol. The van der Waals surface area contributed by atoms with Crippen molar-refractivity contribution in [2.24, 2.45) is 0 Å². The number of aromatic nitrogens is 1. The van der Waals surface area contributed by atoms with E-state index in [2.05, 4.69) is 4.98 Å². The zero-order valence-electron chi connectivity index (χ0n) is 14.2. The summed E-state index contributed by atoms with van der Waals surface area (Å²) in [7, 11) is 0. The summed E-state index contributed by atoms with van der Waals surface area (Å²) >= 11 is 0. The molecule has 4 heteroatoms. The first-order valence-corrected chi connectivity index (χ1v) is 8.37. The summed E-state index contributed by atoms with van der Waals surface area (Å²) in [4.78, 5) is 4.27. The predicted octanol–water partition coefficient (Wildman–Crippen LogP) is 6.50. The highest BCUT2D eigenvalue weighted by molar-refractivity contribution is 5.93. The highest BCUT2D eigenvalue weighted by Crippen LogP contribution is 2.39. The molecule has 0 saturated carbocycles. The number of rotatable bonds is 3. The second-order valence-electron chi connectivity index (χ2n) is 6.14. The van der Waals surface area contributed by atoms with Gasteiger partial charge in [0.1, 0.15) is 17.5 Å². The molecule has 4 rings (SSSR count). The van der Waals surface area contributed by atoms with Crippen LogP contribution in [0.5, 0.6) is 0 Å². The molecule has 132 valence electrons. The van der Waals surface area contributed by atoms with E-state index in [-0.39, 0.29) is 17.5 Å². The quantitative estimate of drug-likeness (QED) is 0.406. The average molecular weight is 361 g/mol. The number of hydrogen-bond donors (Lipinski definition) is 0. The molecule has 0 spiro atoms. The Bertz CT molecular complexity index is 1060. The van der Waals surface area contributed by atoms with Crippen molar-refractivity contribution >= 4 is 0 Å². The molecule has 0 aliphatic carbocycles. The summed E-state index contributed by atoms with van der Waals surface area (Å²) in [6, 6.07) is 18.4. The third-order valence-electron chi connectivity index (χ3n) is 4.33. The molecule has 3 aromatic carbocycles. The van der Waals surface area contributed by atoms with Crippen molar-refractivity contribution in [3.8, 4) is 33.4 Å². The molecule has 1 heterocycles. The summed E-state index contributed by atoms with van der Waals surface area (Å²) in [5.41, 5.74) is 3.78. The Balaban J connectivity index is 2.04. The minimum atomic E-state index is -0.389. The maximum Gasteiger partial charge on any atom is 0.123 e. The third kappa shape index (κ3) is 3.47. The van der Waals surface area contributed by atoms with Gasteiger partial charge in [-0.25, -0.2) is 13.2 Å². The SMILES string of the molecule is Fc1cccc(-c2cncc(-c3cccc(F)c3)c2-c2cccc(F)c2)c1. The summed E-state index contributed by atoms with van der Waals surface area (Å²) in [6.45, 7) is 0. The first kappa shape index (κ1) is 17.0. The maximum atomic E-state index is 13.9. The molecule has 27 heavy (non-hydrogen) atoms. The van der Waals surface area contributed by atoms with Gasteiger partial charge in [-0.1, -0.05) is 36.4 Å². The Morgan fingerprint density at radius 3 is 1.37 bits per heavy atom. The molecule has 0 bridgehead atoms. The molecule has 0 unspecified atom stereocenters. The Morgan fingerprint density at radius 2 is 0.926 bits per heavy atom. The van der Waals surface area contributed by atoms with Crippen molar-refractivity contribution in [2.75, 3.05) is 0 Å². The van der Waals surface area contributed by atoms with Gasteiger partial charge < -0.3 is 0 Å². The Hall–Kier alpha value is -3.40. The van der Waals surface area contributed by atoms with E-state index in [0.717, 1.165) is 0 Å². The van der Waals surface area contributed by atoms with Crippen LogP contribution in [0, 0.1) is 17.5 Å². The zero-order valence-corrected chi connectivity index (χ0v) is 14.2. The van der Waals surface area contributed by atoms with E-state index in [4.69, 9.17) is 0 Å². The third-order valence-corrected chi connectivity index (χ3v) is 4.33. The number of nitrogens with zero attached hydrogens (tertiary/aromatic N) is 1. The van der Waals surface area contributed by atoms with Crippen LogP contribution in [-0.4, -0.2) is 4.98 Å². The predicted molar refractivity (Wildman–Crippen MR) is 100 cm³/mol. The van der Waals surface area contributed by atoms with Crippen molar-refractivity contribution in [2.45, 2.75) is 0 Å². The molecule has 0 radical (unpaired) electrons. The lowest BCUT2D eigenvalue weighted by atomic mass is 9.89. The molecule has 0 saturated heterocycles. The summed E-state index contributed by atoms with van der Waals surface area (Å²) in [5.74, 6) is -1.15. The molecule has 0 fully saturated rings. The van der Waals surface area contributed by atoms with Gasteiger partial charge >= 0.3 is 0 Å². The highest BCUT2D eigenvalue weighted by atomic mass is 19.1. The Morgan fingerprint density at radius 1 is 0.519 bits per heavy atom. The lowest BCUT2D eigenvalue weighted by Crippen LogP contribution is -1.93. The molecule has 4 aromatic rings. The van der Waals surface area contributed by atoms with E-state index in [0.29, 0.717) is 33.4 Å². The van der Waals surface area contributed by atoms with Crippen LogP contribution in [0.4, 0.5) is 13.2 Å². The van der Waals surface area contributed by atoms with Crippen LogP contribution in [0.2, 0.25) is 0 Å². The van der Waals surface area contributed by atoms with Crippen molar-refractivity contribution in [3.63, 3.8) is 0 Å². The molecule has 0 atom stereocenters. The van der Waals surface area contributed by atoms with E-state index in [9.17, 15) is 13.2 Å². The number of halogens is 3. The highest BCUT2D eigenvalue weighted by Gasteiger charge is 2.16. The summed E-state index contributed by atoms with van der Waals surface area (Å²) < 4.78 is 41.5. The van der Waals surface area contributed by atoms with Gasteiger partial charge in [0.25, 0.3) is 0 Å². The van der Waals surface area contributed by atoms with Crippen LogP contribution in [-0.2, 0) is 0 Å². The van der Waals surface area contributed by atoms with Crippen LogP contribution < -0.4 is 0 Å². The molecular formula is C23H14F3N. The van der Waals surface area contributed by atoms with Gasteiger partial charge in [0.15, 0.2) is 0 Å². The van der Waals surface area contributed by atoms with Crippen LogP contribution in [0.1, 0.15) is 0 Å². The number of hydrogen-bond acceptors (Lipinski definition) is 1. The molecule has 0 amide bonds. The molecule has 0 N–H and O–H groups in total. The van der Waals surface area contributed by atoms with Crippen LogP contribution >= 0.6 is 0 Å².